The Kier molecular flexibility index (Phi) is 1.37. The molecule has 1 saturated carbocycles. The van der Waals surface area contributed by atoms with Crippen LogP contribution in [0.3, 0.4) is 0 Å². The number of H-pyrrole nitrogens is 1. The van der Waals surface area contributed by atoms with Gasteiger partial charge in [0.05, 0.1) is 17.1 Å². The minimum absolute atomic E-state index is 0.639. The van der Waals surface area contributed by atoms with Crippen molar-refractivity contribution < 1.29 is 0 Å². The van der Waals surface area contributed by atoms with Crippen molar-refractivity contribution in [3.05, 3.63) is 11.4 Å². The summed E-state index contributed by atoms with van der Waals surface area (Å²) in [5, 5.41) is 7.10. The highest BCUT2D eigenvalue weighted by atomic mass is 15.1. The first-order valence-corrected chi connectivity index (χ1v) is 4.09. The largest absolute Gasteiger partial charge is 0.396 e. The Bertz CT molecular complexity index is 260. The van der Waals surface area contributed by atoms with Gasteiger partial charge in [0.1, 0.15) is 0 Å². The Morgan fingerprint density at radius 3 is 2.64 bits per heavy atom. The lowest BCUT2D eigenvalue weighted by atomic mass is 9.82. The van der Waals surface area contributed by atoms with E-state index in [1.807, 2.05) is 6.92 Å². The number of rotatable bonds is 1. The van der Waals surface area contributed by atoms with Crippen molar-refractivity contribution in [1.29, 1.82) is 0 Å². The van der Waals surface area contributed by atoms with Crippen molar-refractivity contribution >= 4 is 5.69 Å². The number of hydrogen-bond donors (Lipinski definition) is 2. The zero-order valence-electron chi connectivity index (χ0n) is 6.72. The highest BCUT2D eigenvalue weighted by Crippen LogP contribution is 2.38. The molecule has 1 aliphatic rings. The molecule has 0 spiro atoms. The highest BCUT2D eigenvalue weighted by Gasteiger charge is 2.24. The lowest BCUT2D eigenvalue weighted by molar-refractivity contribution is 0.412. The summed E-state index contributed by atoms with van der Waals surface area (Å²) in [7, 11) is 0. The molecule has 60 valence electrons. The number of nitrogens with zero attached hydrogens (tertiary/aromatic N) is 1. The van der Waals surface area contributed by atoms with Gasteiger partial charge in [-0.1, -0.05) is 6.42 Å². The van der Waals surface area contributed by atoms with Gasteiger partial charge in [0.2, 0.25) is 0 Å². The van der Waals surface area contributed by atoms with Crippen LogP contribution in [0.15, 0.2) is 0 Å². The first-order valence-electron chi connectivity index (χ1n) is 4.09. The van der Waals surface area contributed by atoms with E-state index in [-0.39, 0.29) is 0 Å². The second-order valence-corrected chi connectivity index (χ2v) is 3.28. The number of aromatic nitrogens is 2. The number of anilines is 1. The second-order valence-electron chi connectivity index (χ2n) is 3.28. The van der Waals surface area contributed by atoms with Gasteiger partial charge in [-0.3, -0.25) is 5.10 Å². The molecule has 0 saturated heterocycles. The number of nitrogens with two attached hydrogens (primary N) is 1. The Labute approximate surface area is 66.0 Å². The monoisotopic (exact) mass is 151 g/mol. The predicted molar refractivity (Wildman–Crippen MR) is 44.3 cm³/mol. The quantitative estimate of drug-likeness (QED) is 0.640. The van der Waals surface area contributed by atoms with Crippen molar-refractivity contribution in [3.8, 4) is 0 Å². The molecule has 1 heterocycles. The third-order valence-corrected chi connectivity index (χ3v) is 2.52. The van der Waals surface area contributed by atoms with Crippen LogP contribution in [0.5, 0.6) is 0 Å². The SMILES string of the molecule is Cc1[nH]nc(C2CCC2)c1N. The van der Waals surface area contributed by atoms with Crippen molar-refractivity contribution in [3.63, 3.8) is 0 Å². The van der Waals surface area contributed by atoms with E-state index in [9.17, 15) is 0 Å². The summed E-state index contributed by atoms with van der Waals surface area (Å²) in [6, 6.07) is 0. The number of nitrogens with one attached hydrogen (secondary N) is 1. The fourth-order valence-electron chi connectivity index (χ4n) is 1.45. The molecule has 1 aliphatic carbocycles. The number of nitrogen functional groups attached to an aromatic ring is 1. The van der Waals surface area contributed by atoms with Gasteiger partial charge in [-0.25, -0.2) is 0 Å². The zero-order valence-corrected chi connectivity index (χ0v) is 6.72. The average Bonchev–Trinajstić information content (AvgIpc) is 2.15. The van der Waals surface area contributed by atoms with Gasteiger partial charge in [0.25, 0.3) is 0 Å². The van der Waals surface area contributed by atoms with Crippen molar-refractivity contribution in [2.24, 2.45) is 0 Å². The predicted octanol–water partition coefficient (Wildman–Crippen LogP) is 1.57. The topological polar surface area (TPSA) is 54.7 Å². The molecular weight excluding hydrogens is 138 g/mol. The van der Waals surface area contributed by atoms with Crippen LogP contribution in [-0.4, -0.2) is 10.2 Å². The van der Waals surface area contributed by atoms with E-state index in [0.717, 1.165) is 17.1 Å². The summed E-state index contributed by atoms with van der Waals surface area (Å²) in [6.07, 6.45) is 3.85. The molecule has 3 heteroatoms. The van der Waals surface area contributed by atoms with Crippen LogP contribution in [0.2, 0.25) is 0 Å². The van der Waals surface area contributed by atoms with Gasteiger partial charge in [0.15, 0.2) is 0 Å². The van der Waals surface area contributed by atoms with E-state index < -0.39 is 0 Å². The number of hydrogen-bond acceptors (Lipinski definition) is 2. The van der Waals surface area contributed by atoms with Crippen LogP contribution >= 0.6 is 0 Å². The van der Waals surface area contributed by atoms with Crippen molar-refractivity contribution in [1.82, 2.24) is 10.2 Å². The number of aromatic amines is 1. The van der Waals surface area contributed by atoms with Crippen molar-refractivity contribution in [2.75, 3.05) is 5.73 Å². The second kappa shape index (κ2) is 2.26. The molecular formula is C8H13N3. The first-order chi connectivity index (χ1) is 5.29. The molecule has 11 heavy (non-hydrogen) atoms. The van der Waals surface area contributed by atoms with Gasteiger partial charge >= 0.3 is 0 Å². The summed E-state index contributed by atoms with van der Waals surface area (Å²) < 4.78 is 0. The van der Waals surface area contributed by atoms with Gasteiger partial charge in [-0.15, -0.1) is 0 Å². The molecule has 1 aromatic heterocycles. The van der Waals surface area contributed by atoms with E-state index >= 15 is 0 Å². The molecule has 2 rings (SSSR count). The van der Waals surface area contributed by atoms with E-state index in [4.69, 9.17) is 5.73 Å². The normalized spacial score (nSPS) is 18.3. The summed E-state index contributed by atoms with van der Waals surface area (Å²) in [5.41, 5.74) is 8.79. The van der Waals surface area contributed by atoms with Crippen molar-refractivity contribution in [2.45, 2.75) is 32.1 Å². The summed E-state index contributed by atoms with van der Waals surface area (Å²) in [5.74, 6) is 0.639. The molecule has 0 amide bonds. The minimum atomic E-state index is 0.639. The molecule has 0 bridgehead atoms. The first kappa shape index (κ1) is 6.70. The maximum Gasteiger partial charge on any atom is 0.0885 e. The minimum Gasteiger partial charge on any atom is -0.396 e. The van der Waals surface area contributed by atoms with Crippen LogP contribution in [0.4, 0.5) is 5.69 Å². The maximum absolute atomic E-state index is 5.82. The average molecular weight is 151 g/mol. The lowest BCUT2D eigenvalue weighted by Gasteiger charge is -2.23. The van der Waals surface area contributed by atoms with E-state index in [2.05, 4.69) is 10.2 Å². The molecule has 3 nitrogen and oxygen atoms in total. The smallest absolute Gasteiger partial charge is 0.0885 e. The summed E-state index contributed by atoms with van der Waals surface area (Å²) in [6.45, 7) is 1.96. The number of aryl methyl sites for hydroxylation is 1. The summed E-state index contributed by atoms with van der Waals surface area (Å²) in [4.78, 5) is 0. The Morgan fingerprint density at radius 1 is 1.55 bits per heavy atom. The molecule has 1 fully saturated rings. The fourth-order valence-corrected chi connectivity index (χ4v) is 1.45. The van der Waals surface area contributed by atoms with Crippen LogP contribution in [0, 0.1) is 6.92 Å². The van der Waals surface area contributed by atoms with Crippen LogP contribution < -0.4 is 5.73 Å². The van der Waals surface area contributed by atoms with E-state index in [1.54, 1.807) is 0 Å². The van der Waals surface area contributed by atoms with Gasteiger partial charge in [0, 0.05) is 5.92 Å². The van der Waals surface area contributed by atoms with Crippen LogP contribution in [0.25, 0.3) is 0 Å². The van der Waals surface area contributed by atoms with Crippen LogP contribution in [-0.2, 0) is 0 Å². The molecule has 0 atom stereocenters. The maximum atomic E-state index is 5.82. The van der Waals surface area contributed by atoms with Crippen LogP contribution in [0.1, 0.15) is 36.6 Å². The molecule has 0 unspecified atom stereocenters. The zero-order chi connectivity index (χ0) is 7.84. The van der Waals surface area contributed by atoms with E-state index in [1.165, 1.54) is 19.3 Å². The van der Waals surface area contributed by atoms with Gasteiger partial charge < -0.3 is 5.73 Å². The van der Waals surface area contributed by atoms with Gasteiger partial charge in [-0.05, 0) is 19.8 Å². The fraction of sp³-hybridized carbons (Fsp3) is 0.625. The van der Waals surface area contributed by atoms with Gasteiger partial charge in [-0.2, -0.15) is 5.10 Å². The third-order valence-electron chi connectivity index (χ3n) is 2.52. The molecule has 1 aromatic rings. The molecule has 0 radical (unpaired) electrons. The molecule has 0 aromatic carbocycles. The highest BCUT2D eigenvalue weighted by molar-refractivity contribution is 5.49. The Hall–Kier alpha value is -0.990. The molecule has 0 aliphatic heterocycles. The lowest BCUT2D eigenvalue weighted by Crippen LogP contribution is -2.10. The molecule has 3 N–H and O–H groups in total. The van der Waals surface area contributed by atoms with E-state index in [0.29, 0.717) is 5.92 Å². The summed E-state index contributed by atoms with van der Waals surface area (Å²) >= 11 is 0. The Balaban J connectivity index is 2.29. The Morgan fingerprint density at radius 2 is 2.27 bits per heavy atom. The third kappa shape index (κ3) is 0.914. The standard InChI is InChI=1S/C8H13N3/c1-5-7(9)8(11-10-5)6-3-2-4-6/h6H,2-4,9H2,1H3,(H,10,11).